The lowest BCUT2D eigenvalue weighted by Crippen LogP contribution is -2.38. The van der Waals surface area contributed by atoms with Gasteiger partial charge in [-0.1, -0.05) is 59.9 Å². The molecule has 0 amide bonds. The average molecular weight is 520 g/mol. The highest BCUT2D eigenvalue weighted by Crippen LogP contribution is 2.42. The van der Waals surface area contributed by atoms with E-state index in [-0.39, 0.29) is 11.6 Å². The van der Waals surface area contributed by atoms with Gasteiger partial charge in [-0.25, -0.2) is 4.99 Å². The summed E-state index contributed by atoms with van der Waals surface area (Å²) in [7, 11) is 0. The van der Waals surface area contributed by atoms with Crippen LogP contribution in [0.2, 0.25) is 0 Å². The third-order valence-corrected chi connectivity index (χ3v) is 9.36. The van der Waals surface area contributed by atoms with Gasteiger partial charge >= 0.3 is 0 Å². The summed E-state index contributed by atoms with van der Waals surface area (Å²) in [5.74, 6) is 0. The van der Waals surface area contributed by atoms with Crippen LogP contribution in [0.5, 0.6) is 0 Å². The molecule has 2 aromatic carbocycles. The Balaban J connectivity index is 1.44. The van der Waals surface area contributed by atoms with Crippen molar-refractivity contribution in [3.63, 3.8) is 0 Å². The van der Waals surface area contributed by atoms with Crippen molar-refractivity contribution in [1.82, 2.24) is 9.13 Å². The Kier molecular flexibility index (Phi) is 5.27. The van der Waals surface area contributed by atoms with Crippen LogP contribution in [-0.4, -0.2) is 9.13 Å². The third kappa shape index (κ3) is 3.55. The first-order chi connectivity index (χ1) is 18.1. The topological polar surface area (TPSA) is 39.3 Å². The first-order valence-corrected chi connectivity index (χ1v) is 14.2. The third-order valence-electron chi connectivity index (χ3n) is 7.46. The van der Waals surface area contributed by atoms with Crippen molar-refractivity contribution < 1.29 is 0 Å². The van der Waals surface area contributed by atoms with E-state index in [0.29, 0.717) is 0 Å². The summed E-state index contributed by atoms with van der Waals surface area (Å²) in [4.78, 5) is 21.1. The van der Waals surface area contributed by atoms with Gasteiger partial charge in [0.25, 0.3) is 5.56 Å². The first-order valence-electron chi connectivity index (χ1n) is 12.5. The number of hydrogen-bond donors (Lipinski definition) is 0. The van der Waals surface area contributed by atoms with Crippen LogP contribution in [0.15, 0.2) is 93.5 Å². The van der Waals surface area contributed by atoms with E-state index in [1.165, 1.54) is 32.9 Å². The molecule has 1 atom stereocenters. The molecule has 4 nitrogen and oxygen atoms in total. The van der Waals surface area contributed by atoms with Gasteiger partial charge in [0.1, 0.15) is 0 Å². The molecule has 3 aromatic heterocycles. The Morgan fingerprint density at radius 1 is 0.973 bits per heavy atom. The maximum Gasteiger partial charge on any atom is 0.271 e. The number of aryl methyl sites for hydroxylation is 2. The fourth-order valence-corrected chi connectivity index (χ4v) is 7.61. The zero-order valence-corrected chi connectivity index (χ0v) is 22.3. The van der Waals surface area contributed by atoms with Crippen molar-refractivity contribution in [2.75, 3.05) is 0 Å². The first kappa shape index (κ1) is 22.5. The average Bonchev–Trinajstić information content (AvgIpc) is 3.63. The molecule has 37 heavy (non-hydrogen) atoms. The summed E-state index contributed by atoms with van der Waals surface area (Å²) in [6.45, 7) is 4.23. The van der Waals surface area contributed by atoms with Gasteiger partial charge in [-0.3, -0.25) is 9.36 Å². The normalized spacial score (nSPS) is 16.8. The quantitative estimate of drug-likeness (QED) is 0.298. The zero-order valence-electron chi connectivity index (χ0n) is 20.6. The number of benzene rings is 2. The van der Waals surface area contributed by atoms with Gasteiger partial charge in [-0.05, 0) is 79.1 Å². The molecule has 1 aliphatic carbocycles. The number of fused-ring (bicyclic) bond motifs is 3. The highest BCUT2D eigenvalue weighted by atomic mass is 32.1. The van der Waals surface area contributed by atoms with E-state index < -0.39 is 0 Å². The lowest BCUT2D eigenvalue weighted by atomic mass is 9.85. The Hall–Kier alpha value is -3.74. The Morgan fingerprint density at radius 2 is 1.78 bits per heavy atom. The predicted octanol–water partition coefficient (Wildman–Crippen LogP) is 5.79. The molecule has 7 rings (SSSR count). The number of nitrogens with zero attached hydrogens (tertiary/aromatic N) is 3. The summed E-state index contributed by atoms with van der Waals surface area (Å²) >= 11 is 3.21. The molecular weight excluding hydrogens is 494 g/mol. The minimum absolute atomic E-state index is 0.0390. The number of rotatable bonds is 3. The molecule has 0 saturated carbocycles. The van der Waals surface area contributed by atoms with E-state index >= 15 is 0 Å². The van der Waals surface area contributed by atoms with Gasteiger partial charge in [0.2, 0.25) is 0 Å². The Labute approximate surface area is 222 Å². The van der Waals surface area contributed by atoms with Gasteiger partial charge in [0.05, 0.1) is 16.3 Å². The van der Waals surface area contributed by atoms with E-state index in [1.807, 2.05) is 16.7 Å². The van der Waals surface area contributed by atoms with Crippen molar-refractivity contribution in [1.29, 1.82) is 0 Å². The molecule has 0 unspecified atom stereocenters. The minimum Gasteiger partial charge on any atom is -0.318 e. The molecule has 1 aliphatic heterocycles. The molecule has 0 N–H and O–H groups in total. The van der Waals surface area contributed by atoms with E-state index in [4.69, 9.17) is 4.99 Å². The van der Waals surface area contributed by atoms with Crippen molar-refractivity contribution in [2.45, 2.75) is 32.7 Å². The molecule has 0 radical (unpaired) electrons. The number of thiophene rings is 1. The lowest BCUT2D eigenvalue weighted by Gasteiger charge is -2.30. The number of para-hydroxylation sites is 1. The molecule has 4 heterocycles. The molecule has 0 fully saturated rings. The Bertz CT molecular complexity index is 1870. The van der Waals surface area contributed by atoms with Crippen LogP contribution in [-0.2, 0) is 6.42 Å². The largest absolute Gasteiger partial charge is 0.318 e. The number of thiazole rings is 1. The highest BCUT2D eigenvalue weighted by Gasteiger charge is 2.33. The Morgan fingerprint density at radius 3 is 2.59 bits per heavy atom. The number of hydrogen-bond acceptors (Lipinski definition) is 4. The molecule has 0 spiro atoms. The van der Waals surface area contributed by atoms with Crippen LogP contribution in [0.25, 0.3) is 17.5 Å². The zero-order chi connectivity index (χ0) is 25.1. The molecule has 0 bridgehead atoms. The van der Waals surface area contributed by atoms with Gasteiger partial charge in [0, 0.05) is 27.5 Å². The van der Waals surface area contributed by atoms with Gasteiger partial charge in [0.15, 0.2) is 4.80 Å². The molecular formula is C31H25N3OS2. The van der Waals surface area contributed by atoms with Crippen LogP contribution in [0, 0.1) is 13.8 Å². The van der Waals surface area contributed by atoms with E-state index in [1.54, 1.807) is 11.3 Å². The van der Waals surface area contributed by atoms with Crippen LogP contribution in [0.4, 0.5) is 0 Å². The van der Waals surface area contributed by atoms with Gasteiger partial charge in [-0.2, -0.15) is 0 Å². The van der Waals surface area contributed by atoms with E-state index in [9.17, 15) is 4.79 Å². The summed E-state index contributed by atoms with van der Waals surface area (Å²) in [5.41, 5.74) is 9.34. The standard InChI is InChI=1S/C31H25N3OS2/c1-19-17-22(20(2)33(19)23-10-4-3-5-11-23)18-27-30(35)34-29(26-13-8-16-36-26)25-15-14-21-9-6-7-12-24(21)28(25)32-31(34)37-27/h3-13,16-18,29H,14-15H2,1-2H3/b27-18+/t29-/m1/s1. The summed E-state index contributed by atoms with van der Waals surface area (Å²) in [5, 5.41) is 2.10. The smallest absolute Gasteiger partial charge is 0.271 e. The molecule has 2 aliphatic rings. The van der Waals surface area contributed by atoms with Crippen LogP contribution < -0.4 is 14.9 Å². The van der Waals surface area contributed by atoms with Gasteiger partial charge < -0.3 is 4.57 Å². The van der Waals surface area contributed by atoms with Gasteiger partial charge in [-0.15, -0.1) is 11.3 Å². The van der Waals surface area contributed by atoms with Crippen molar-refractivity contribution in [2.24, 2.45) is 4.99 Å². The van der Waals surface area contributed by atoms with Crippen LogP contribution in [0.1, 0.15) is 45.4 Å². The van der Waals surface area contributed by atoms with E-state index in [2.05, 4.69) is 90.5 Å². The minimum atomic E-state index is -0.0986. The molecule has 5 aromatic rings. The number of aromatic nitrogens is 2. The summed E-state index contributed by atoms with van der Waals surface area (Å²) < 4.78 is 4.90. The lowest BCUT2D eigenvalue weighted by molar-refractivity contribution is 0.593. The maximum absolute atomic E-state index is 14.0. The van der Waals surface area contributed by atoms with E-state index in [0.717, 1.165) is 50.5 Å². The maximum atomic E-state index is 14.0. The summed E-state index contributed by atoms with van der Waals surface area (Å²) in [6.07, 6.45) is 3.94. The second-order valence-corrected chi connectivity index (χ2v) is 11.6. The predicted molar refractivity (Wildman–Crippen MR) is 152 cm³/mol. The fraction of sp³-hybridized carbons (Fsp3) is 0.161. The van der Waals surface area contributed by atoms with Crippen LogP contribution in [0.3, 0.4) is 0 Å². The summed E-state index contributed by atoms with van der Waals surface area (Å²) in [6, 6.07) is 25.2. The molecule has 6 heteroatoms. The fourth-order valence-electron chi connectivity index (χ4n) is 5.77. The second kappa shape index (κ2) is 8.68. The second-order valence-electron chi connectivity index (χ2n) is 9.63. The SMILES string of the molecule is Cc1cc(/C=c2/sc3n(c2=O)[C@@H](c2cccs2)C2=C(N=3)c3ccccc3CC2)c(C)n1-c1ccccc1. The van der Waals surface area contributed by atoms with Crippen molar-refractivity contribution in [3.05, 3.63) is 136 Å². The number of allylic oxidation sites excluding steroid dienone is 1. The van der Waals surface area contributed by atoms with Crippen molar-refractivity contribution >= 4 is 34.4 Å². The highest BCUT2D eigenvalue weighted by molar-refractivity contribution is 7.10. The van der Waals surface area contributed by atoms with Crippen molar-refractivity contribution in [3.8, 4) is 5.69 Å². The molecule has 0 saturated heterocycles. The van der Waals surface area contributed by atoms with Crippen LogP contribution >= 0.6 is 22.7 Å². The monoisotopic (exact) mass is 519 g/mol. The molecule has 182 valence electrons.